The Bertz CT molecular complexity index is 639. The lowest BCUT2D eigenvalue weighted by Crippen LogP contribution is -2.42. The fourth-order valence-electron chi connectivity index (χ4n) is 2.69. The van der Waals surface area contributed by atoms with Gasteiger partial charge in [-0.05, 0) is 24.1 Å². The van der Waals surface area contributed by atoms with Crippen LogP contribution in [-0.2, 0) is 6.42 Å². The fourth-order valence-corrected chi connectivity index (χ4v) is 2.69. The van der Waals surface area contributed by atoms with E-state index in [0.29, 0.717) is 5.96 Å². The molecule has 1 heterocycles. The van der Waals surface area contributed by atoms with Crippen LogP contribution in [-0.4, -0.2) is 25.7 Å². The van der Waals surface area contributed by atoms with Crippen molar-refractivity contribution in [2.75, 3.05) is 18.6 Å². The number of anilines is 1. The Kier molecular flexibility index (Phi) is 3.77. The molecule has 2 aromatic carbocycles. The lowest BCUT2D eigenvalue weighted by Gasteiger charge is -2.26. The summed E-state index contributed by atoms with van der Waals surface area (Å²) < 4.78 is 5.30. The Morgan fingerprint density at radius 1 is 1.19 bits per heavy atom. The van der Waals surface area contributed by atoms with Crippen LogP contribution in [0.4, 0.5) is 5.69 Å². The topological polar surface area (TPSA) is 50.9 Å². The summed E-state index contributed by atoms with van der Waals surface area (Å²) in [5, 5.41) is 0. The predicted octanol–water partition coefficient (Wildman–Crippen LogP) is 2.44. The SMILES string of the molecule is COc1cccc(N2C(N)=NCC2Cc2ccccc2)c1. The van der Waals surface area contributed by atoms with Gasteiger partial charge in [-0.25, -0.2) is 0 Å². The smallest absolute Gasteiger partial charge is 0.196 e. The molecule has 1 aliphatic rings. The third-order valence-electron chi connectivity index (χ3n) is 3.72. The fraction of sp³-hybridized carbons (Fsp3) is 0.235. The predicted molar refractivity (Wildman–Crippen MR) is 85.9 cm³/mol. The molecule has 0 saturated heterocycles. The van der Waals surface area contributed by atoms with E-state index >= 15 is 0 Å². The third-order valence-corrected chi connectivity index (χ3v) is 3.72. The van der Waals surface area contributed by atoms with Gasteiger partial charge in [0.15, 0.2) is 5.96 Å². The minimum atomic E-state index is 0.250. The molecule has 108 valence electrons. The van der Waals surface area contributed by atoms with Gasteiger partial charge in [-0.2, -0.15) is 0 Å². The summed E-state index contributed by atoms with van der Waals surface area (Å²) in [5.74, 6) is 1.40. The van der Waals surface area contributed by atoms with Crippen molar-refractivity contribution < 1.29 is 4.74 Å². The van der Waals surface area contributed by atoms with Crippen molar-refractivity contribution >= 4 is 11.6 Å². The summed E-state index contributed by atoms with van der Waals surface area (Å²) in [4.78, 5) is 6.50. The number of aliphatic imine (C=N–C) groups is 1. The lowest BCUT2D eigenvalue weighted by molar-refractivity contribution is 0.415. The number of benzene rings is 2. The Labute approximate surface area is 124 Å². The summed E-state index contributed by atoms with van der Waals surface area (Å²) in [6.07, 6.45) is 0.919. The Morgan fingerprint density at radius 3 is 2.76 bits per heavy atom. The van der Waals surface area contributed by atoms with Crippen LogP contribution >= 0.6 is 0 Å². The van der Waals surface area contributed by atoms with Crippen molar-refractivity contribution in [3.05, 3.63) is 60.2 Å². The van der Waals surface area contributed by atoms with Crippen molar-refractivity contribution in [1.29, 1.82) is 0 Å². The first kappa shape index (κ1) is 13.5. The second-order valence-corrected chi connectivity index (χ2v) is 5.11. The first-order valence-electron chi connectivity index (χ1n) is 7.05. The molecule has 0 bridgehead atoms. The van der Waals surface area contributed by atoms with Crippen molar-refractivity contribution in [1.82, 2.24) is 0 Å². The van der Waals surface area contributed by atoms with Gasteiger partial charge in [-0.15, -0.1) is 0 Å². The molecule has 1 aliphatic heterocycles. The second-order valence-electron chi connectivity index (χ2n) is 5.11. The lowest BCUT2D eigenvalue weighted by atomic mass is 10.0. The van der Waals surface area contributed by atoms with Crippen LogP contribution in [0.1, 0.15) is 5.56 Å². The first-order chi connectivity index (χ1) is 10.3. The maximum Gasteiger partial charge on any atom is 0.196 e. The average Bonchev–Trinajstić information content (AvgIpc) is 2.89. The number of nitrogens with two attached hydrogens (primary N) is 1. The van der Waals surface area contributed by atoms with E-state index in [1.165, 1.54) is 5.56 Å². The monoisotopic (exact) mass is 281 g/mol. The van der Waals surface area contributed by atoms with Crippen molar-refractivity contribution in [2.45, 2.75) is 12.5 Å². The zero-order valence-electron chi connectivity index (χ0n) is 12.1. The van der Waals surface area contributed by atoms with Gasteiger partial charge in [0.25, 0.3) is 0 Å². The highest BCUT2D eigenvalue weighted by Crippen LogP contribution is 2.26. The van der Waals surface area contributed by atoms with Gasteiger partial charge in [0.1, 0.15) is 5.75 Å². The van der Waals surface area contributed by atoms with Crippen LogP contribution in [0.3, 0.4) is 0 Å². The van der Waals surface area contributed by atoms with E-state index in [-0.39, 0.29) is 6.04 Å². The summed E-state index contributed by atoms with van der Waals surface area (Å²) >= 11 is 0. The van der Waals surface area contributed by atoms with Gasteiger partial charge >= 0.3 is 0 Å². The third kappa shape index (κ3) is 2.84. The van der Waals surface area contributed by atoms with Crippen molar-refractivity contribution in [2.24, 2.45) is 10.7 Å². The van der Waals surface area contributed by atoms with Gasteiger partial charge in [-0.1, -0.05) is 36.4 Å². The van der Waals surface area contributed by atoms with Crippen LogP contribution < -0.4 is 15.4 Å². The summed E-state index contributed by atoms with van der Waals surface area (Å²) in [5.41, 5.74) is 8.40. The molecule has 0 radical (unpaired) electrons. The number of rotatable bonds is 4. The number of hydrogen-bond acceptors (Lipinski definition) is 4. The van der Waals surface area contributed by atoms with Crippen LogP contribution in [0.25, 0.3) is 0 Å². The van der Waals surface area contributed by atoms with E-state index in [0.717, 1.165) is 24.4 Å². The maximum absolute atomic E-state index is 6.08. The van der Waals surface area contributed by atoms with Crippen LogP contribution in [0.2, 0.25) is 0 Å². The summed E-state index contributed by atoms with van der Waals surface area (Å²) in [6, 6.07) is 18.6. The van der Waals surface area contributed by atoms with Gasteiger partial charge in [0, 0.05) is 11.8 Å². The second kappa shape index (κ2) is 5.87. The Hall–Kier alpha value is -2.49. The Balaban J connectivity index is 1.85. The van der Waals surface area contributed by atoms with Gasteiger partial charge in [-0.3, -0.25) is 4.99 Å². The Morgan fingerprint density at radius 2 is 2.00 bits per heavy atom. The minimum absolute atomic E-state index is 0.250. The molecule has 3 rings (SSSR count). The number of hydrogen-bond donors (Lipinski definition) is 1. The van der Waals surface area contributed by atoms with E-state index in [2.05, 4.69) is 34.2 Å². The first-order valence-corrected chi connectivity index (χ1v) is 7.05. The molecule has 1 atom stereocenters. The molecule has 4 nitrogen and oxygen atoms in total. The minimum Gasteiger partial charge on any atom is -0.497 e. The largest absolute Gasteiger partial charge is 0.497 e. The molecule has 0 aromatic heterocycles. The molecule has 21 heavy (non-hydrogen) atoms. The van der Waals surface area contributed by atoms with Crippen LogP contribution in [0, 0.1) is 0 Å². The van der Waals surface area contributed by atoms with E-state index in [9.17, 15) is 0 Å². The average molecular weight is 281 g/mol. The molecule has 0 spiro atoms. The molecule has 0 saturated carbocycles. The van der Waals surface area contributed by atoms with Crippen LogP contribution in [0.15, 0.2) is 59.6 Å². The number of nitrogens with zero attached hydrogens (tertiary/aromatic N) is 2. The van der Waals surface area contributed by atoms with Gasteiger partial charge < -0.3 is 15.4 Å². The zero-order valence-corrected chi connectivity index (χ0v) is 12.1. The van der Waals surface area contributed by atoms with E-state index < -0.39 is 0 Å². The molecular weight excluding hydrogens is 262 g/mol. The summed E-state index contributed by atoms with van der Waals surface area (Å²) in [6.45, 7) is 0.720. The number of ether oxygens (including phenoxy) is 1. The van der Waals surface area contributed by atoms with E-state index in [4.69, 9.17) is 10.5 Å². The molecule has 2 N–H and O–H groups in total. The number of methoxy groups -OCH3 is 1. The highest BCUT2D eigenvalue weighted by atomic mass is 16.5. The molecule has 0 amide bonds. The molecule has 0 fully saturated rings. The quantitative estimate of drug-likeness (QED) is 0.936. The van der Waals surface area contributed by atoms with Crippen molar-refractivity contribution in [3.8, 4) is 5.75 Å². The van der Waals surface area contributed by atoms with Crippen molar-refractivity contribution in [3.63, 3.8) is 0 Å². The molecular formula is C17H19N3O. The van der Waals surface area contributed by atoms with E-state index in [1.807, 2.05) is 30.3 Å². The highest BCUT2D eigenvalue weighted by molar-refractivity contribution is 5.97. The molecule has 4 heteroatoms. The van der Waals surface area contributed by atoms with Crippen LogP contribution in [0.5, 0.6) is 5.75 Å². The standard InChI is InChI=1S/C17H19N3O/c1-21-16-9-5-8-14(11-16)20-15(12-19-17(20)18)10-13-6-3-2-4-7-13/h2-9,11,15H,10,12H2,1H3,(H2,18,19). The number of guanidine groups is 1. The highest BCUT2D eigenvalue weighted by Gasteiger charge is 2.27. The molecule has 2 aromatic rings. The zero-order chi connectivity index (χ0) is 14.7. The molecule has 1 unspecified atom stereocenters. The van der Waals surface area contributed by atoms with Gasteiger partial charge in [0.2, 0.25) is 0 Å². The molecule has 0 aliphatic carbocycles. The summed E-state index contributed by atoms with van der Waals surface area (Å²) in [7, 11) is 1.67. The maximum atomic E-state index is 6.08. The van der Waals surface area contributed by atoms with E-state index in [1.54, 1.807) is 7.11 Å². The van der Waals surface area contributed by atoms with Gasteiger partial charge in [0.05, 0.1) is 19.7 Å². The normalized spacial score (nSPS) is 17.7.